The topological polar surface area (TPSA) is 9.23 Å². The van der Waals surface area contributed by atoms with Crippen LogP contribution in [0.5, 0.6) is 0 Å². The van der Waals surface area contributed by atoms with Gasteiger partial charge in [0.2, 0.25) is 0 Å². The summed E-state index contributed by atoms with van der Waals surface area (Å²) in [6.07, 6.45) is 1.19. The van der Waals surface area contributed by atoms with Crippen molar-refractivity contribution in [2.45, 2.75) is 60.5 Å². The van der Waals surface area contributed by atoms with Crippen LogP contribution >= 0.6 is 0 Å². The predicted octanol–water partition coefficient (Wildman–Crippen LogP) is 3.87. The van der Waals surface area contributed by atoms with Gasteiger partial charge in [0.1, 0.15) is 0 Å². The average Bonchev–Trinajstić information content (AvgIpc) is 1.82. The maximum Gasteiger partial charge on any atom is 0.0598 e. The van der Waals surface area contributed by atoms with Crippen molar-refractivity contribution in [3.63, 3.8) is 0 Å². The van der Waals surface area contributed by atoms with Crippen molar-refractivity contribution < 1.29 is 4.74 Å². The summed E-state index contributed by atoms with van der Waals surface area (Å²) in [6, 6.07) is 0. The molecule has 0 aromatic rings. The SMILES string of the molecule is CCC(COC(C)(C)C)C(C)(C)C. The van der Waals surface area contributed by atoms with Gasteiger partial charge in [-0.3, -0.25) is 0 Å². The summed E-state index contributed by atoms with van der Waals surface area (Å²) in [7, 11) is 0. The molecule has 0 saturated carbocycles. The normalized spacial score (nSPS) is 15.9. The summed E-state index contributed by atoms with van der Waals surface area (Å²) in [4.78, 5) is 0. The zero-order chi connectivity index (χ0) is 10.7. The third-order valence-corrected chi connectivity index (χ3v) is 2.44. The van der Waals surface area contributed by atoms with Crippen LogP contribution in [0.3, 0.4) is 0 Å². The lowest BCUT2D eigenvalue weighted by molar-refractivity contribution is -0.0422. The Hall–Kier alpha value is -0.0400. The Kier molecular flexibility index (Phi) is 4.44. The Morgan fingerprint density at radius 2 is 1.46 bits per heavy atom. The fourth-order valence-corrected chi connectivity index (χ4v) is 1.33. The van der Waals surface area contributed by atoms with Crippen LogP contribution in [0.4, 0.5) is 0 Å². The second-order valence-corrected chi connectivity index (χ2v) is 5.89. The largest absolute Gasteiger partial charge is 0.376 e. The van der Waals surface area contributed by atoms with Crippen LogP contribution < -0.4 is 0 Å². The van der Waals surface area contributed by atoms with Crippen LogP contribution in [0.25, 0.3) is 0 Å². The lowest BCUT2D eigenvalue weighted by atomic mass is 9.79. The van der Waals surface area contributed by atoms with E-state index in [-0.39, 0.29) is 5.60 Å². The fraction of sp³-hybridized carbons (Fsp3) is 1.00. The average molecular weight is 186 g/mol. The number of hydrogen-bond acceptors (Lipinski definition) is 1. The van der Waals surface area contributed by atoms with E-state index < -0.39 is 0 Å². The van der Waals surface area contributed by atoms with E-state index in [1.807, 2.05) is 0 Å². The summed E-state index contributed by atoms with van der Waals surface area (Å²) in [5.74, 6) is 0.659. The third-order valence-electron chi connectivity index (χ3n) is 2.44. The highest BCUT2D eigenvalue weighted by atomic mass is 16.5. The minimum atomic E-state index is -0.00132. The Bertz CT molecular complexity index is 136. The van der Waals surface area contributed by atoms with Crippen molar-refractivity contribution in [3.8, 4) is 0 Å². The first kappa shape index (κ1) is 13.0. The molecule has 0 fully saturated rings. The number of hydrogen-bond donors (Lipinski definition) is 0. The monoisotopic (exact) mass is 186 g/mol. The van der Waals surface area contributed by atoms with Crippen molar-refractivity contribution in [1.29, 1.82) is 0 Å². The Morgan fingerprint density at radius 1 is 1.00 bits per heavy atom. The third kappa shape index (κ3) is 6.09. The van der Waals surface area contributed by atoms with Gasteiger partial charge < -0.3 is 4.74 Å². The van der Waals surface area contributed by atoms with E-state index in [1.165, 1.54) is 6.42 Å². The molecular weight excluding hydrogens is 160 g/mol. The van der Waals surface area contributed by atoms with E-state index in [9.17, 15) is 0 Å². The zero-order valence-corrected chi connectivity index (χ0v) is 10.4. The molecule has 0 N–H and O–H groups in total. The first-order chi connectivity index (χ1) is 5.67. The molecule has 0 aliphatic carbocycles. The van der Waals surface area contributed by atoms with Gasteiger partial charge in [0, 0.05) is 0 Å². The van der Waals surface area contributed by atoms with Gasteiger partial charge in [-0.1, -0.05) is 34.1 Å². The highest BCUT2D eigenvalue weighted by Gasteiger charge is 2.24. The fourth-order valence-electron chi connectivity index (χ4n) is 1.33. The molecule has 0 aliphatic heterocycles. The molecule has 1 heteroatoms. The van der Waals surface area contributed by atoms with Gasteiger partial charge >= 0.3 is 0 Å². The van der Waals surface area contributed by atoms with E-state index in [2.05, 4.69) is 48.5 Å². The molecule has 0 saturated heterocycles. The van der Waals surface area contributed by atoms with Crippen LogP contribution in [0, 0.1) is 11.3 Å². The summed E-state index contributed by atoms with van der Waals surface area (Å²) in [5, 5.41) is 0. The van der Waals surface area contributed by atoms with E-state index in [0.29, 0.717) is 11.3 Å². The molecule has 13 heavy (non-hydrogen) atoms. The number of ether oxygens (including phenoxy) is 1. The molecule has 80 valence electrons. The lowest BCUT2D eigenvalue weighted by Gasteiger charge is -2.32. The molecule has 0 heterocycles. The smallest absolute Gasteiger partial charge is 0.0598 e. The van der Waals surface area contributed by atoms with Gasteiger partial charge in [-0.2, -0.15) is 0 Å². The second-order valence-electron chi connectivity index (χ2n) is 5.89. The van der Waals surface area contributed by atoms with Gasteiger partial charge in [-0.25, -0.2) is 0 Å². The van der Waals surface area contributed by atoms with Gasteiger partial charge in [0.05, 0.1) is 12.2 Å². The molecule has 1 atom stereocenters. The van der Waals surface area contributed by atoms with Crippen molar-refractivity contribution in [1.82, 2.24) is 0 Å². The molecule has 0 aliphatic rings. The van der Waals surface area contributed by atoms with Crippen LogP contribution in [0.2, 0.25) is 0 Å². The van der Waals surface area contributed by atoms with E-state index in [4.69, 9.17) is 4.74 Å². The van der Waals surface area contributed by atoms with Crippen LogP contribution in [0.15, 0.2) is 0 Å². The predicted molar refractivity (Wildman–Crippen MR) is 58.9 cm³/mol. The summed E-state index contributed by atoms with van der Waals surface area (Å²) in [6.45, 7) is 16.3. The lowest BCUT2D eigenvalue weighted by Crippen LogP contribution is -2.29. The van der Waals surface area contributed by atoms with Crippen molar-refractivity contribution in [3.05, 3.63) is 0 Å². The first-order valence-electron chi connectivity index (χ1n) is 5.31. The molecule has 0 radical (unpaired) electrons. The quantitative estimate of drug-likeness (QED) is 0.650. The maximum absolute atomic E-state index is 5.81. The van der Waals surface area contributed by atoms with Gasteiger partial charge in [-0.15, -0.1) is 0 Å². The molecule has 0 aromatic carbocycles. The van der Waals surface area contributed by atoms with E-state index in [0.717, 1.165) is 6.61 Å². The van der Waals surface area contributed by atoms with Crippen molar-refractivity contribution in [2.75, 3.05) is 6.61 Å². The minimum absolute atomic E-state index is 0.00132. The standard InChI is InChI=1S/C12H26O/c1-8-10(11(2,3)4)9-13-12(5,6)7/h10H,8-9H2,1-7H3. The van der Waals surface area contributed by atoms with Gasteiger partial charge in [-0.05, 0) is 32.1 Å². The molecule has 0 amide bonds. The summed E-state index contributed by atoms with van der Waals surface area (Å²) in [5.41, 5.74) is 0.360. The highest BCUT2D eigenvalue weighted by molar-refractivity contribution is 4.73. The Labute approximate surface area is 83.9 Å². The van der Waals surface area contributed by atoms with Gasteiger partial charge in [0.15, 0.2) is 0 Å². The van der Waals surface area contributed by atoms with Crippen molar-refractivity contribution >= 4 is 0 Å². The second kappa shape index (κ2) is 4.45. The van der Waals surface area contributed by atoms with Crippen LogP contribution in [0.1, 0.15) is 54.9 Å². The van der Waals surface area contributed by atoms with Crippen LogP contribution in [-0.4, -0.2) is 12.2 Å². The minimum Gasteiger partial charge on any atom is -0.376 e. The van der Waals surface area contributed by atoms with E-state index >= 15 is 0 Å². The Balaban J connectivity index is 4.02. The van der Waals surface area contributed by atoms with Crippen molar-refractivity contribution in [2.24, 2.45) is 11.3 Å². The molecule has 0 rings (SSSR count). The molecular formula is C12H26O. The molecule has 1 unspecified atom stereocenters. The maximum atomic E-state index is 5.81. The number of rotatable bonds is 3. The first-order valence-corrected chi connectivity index (χ1v) is 5.31. The van der Waals surface area contributed by atoms with Crippen LogP contribution in [-0.2, 0) is 4.74 Å². The molecule has 0 bridgehead atoms. The van der Waals surface area contributed by atoms with Gasteiger partial charge in [0.25, 0.3) is 0 Å². The molecule has 0 aromatic heterocycles. The zero-order valence-electron chi connectivity index (χ0n) is 10.4. The Morgan fingerprint density at radius 3 is 1.69 bits per heavy atom. The summed E-state index contributed by atoms with van der Waals surface area (Å²) < 4.78 is 5.81. The highest BCUT2D eigenvalue weighted by Crippen LogP contribution is 2.29. The summed E-state index contributed by atoms with van der Waals surface area (Å²) >= 11 is 0. The van der Waals surface area contributed by atoms with E-state index in [1.54, 1.807) is 0 Å². The molecule has 1 nitrogen and oxygen atoms in total. The molecule has 0 spiro atoms.